The van der Waals surface area contributed by atoms with E-state index in [4.69, 9.17) is 10.5 Å². The first kappa shape index (κ1) is 14.4. The van der Waals surface area contributed by atoms with Crippen molar-refractivity contribution in [2.24, 2.45) is 5.73 Å². The van der Waals surface area contributed by atoms with Crippen LogP contribution in [0.5, 0.6) is 5.75 Å². The predicted molar refractivity (Wildman–Crippen MR) is 69.9 cm³/mol. The molecule has 0 saturated carbocycles. The van der Waals surface area contributed by atoms with Crippen molar-refractivity contribution in [1.82, 2.24) is 0 Å². The van der Waals surface area contributed by atoms with Crippen molar-refractivity contribution in [3.05, 3.63) is 65.0 Å². The van der Waals surface area contributed by atoms with E-state index in [-0.39, 0.29) is 12.2 Å². The Kier molecular flexibility index (Phi) is 4.29. The molecule has 0 amide bonds. The van der Waals surface area contributed by atoms with Crippen LogP contribution in [0.15, 0.2) is 36.4 Å². The standard InChI is InChI=1S/C15H14F3NO/c1-20-15-3-2-10(7-13(15)18)14(19)6-9-4-11(16)8-12(17)5-9/h2-5,7-8,14H,6,19H2,1H3. The van der Waals surface area contributed by atoms with Gasteiger partial charge in [-0.1, -0.05) is 6.07 Å². The number of rotatable bonds is 4. The molecule has 1 unspecified atom stereocenters. The minimum Gasteiger partial charge on any atom is -0.494 e. The molecule has 2 aromatic carbocycles. The summed E-state index contributed by atoms with van der Waals surface area (Å²) in [5.74, 6) is -1.72. The number of hydrogen-bond acceptors (Lipinski definition) is 2. The van der Waals surface area contributed by atoms with Gasteiger partial charge in [0.1, 0.15) is 11.6 Å². The third-order valence-corrected chi connectivity index (χ3v) is 2.98. The van der Waals surface area contributed by atoms with Gasteiger partial charge in [0.25, 0.3) is 0 Å². The van der Waals surface area contributed by atoms with Gasteiger partial charge in [0.05, 0.1) is 7.11 Å². The molecule has 0 aromatic heterocycles. The van der Waals surface area contributed by atoms with Crippen LogP contribution in [0.2, 0.25) is 0 Å². The molecule has 2 rings (SSSR count). The minimum absolute atomic E-state index is 0.123. The number of nitrogens with two attached hydrogens (primary N) is 1. The normalized spacial score (nSPS) is 12.2. The van der Waals surface area contributed by atoms with Gasteiger partial charge in [-0.25, -0.2) is 13.2 Å². The third-order valence-electron chi connectivity index (χ3n) is 2.98. The highest BCUT2D eigenvalue weighted by Crippen LogP contribution is 2.23. The molecule has 106 valence electrons. The molecule has 2 N–H and O–H groups in total. The number of benzene rings is 2. The smallest absolute Gasteiger partial charge is 0.165 e. The molecule has 5 heteroatoms. The first-order valence-electron chi connectivity index (χ1n) is 6.03. The molecule has 0 radical (unpaired) electrons. The summed E-state index contributed by atoms with van der Waals surface area (Å²) in [6.45, 7) is 0. The van der Waals surface area contributed by atoms with E-state index in [0.717, 1.165) is 6.07 Å². The summed E-state index contributed by atoms with van der Waals surface area (Å²) in [5.41, 5.74) is 6.89. The topological polar surface area (TPSA) is 35.2 Å². The van der Waals surface area contributed by atoms with E-state index in [1.807, 2.05) is 0 Å². The summed E-state index contributed by atoms with van der Waals surface area (Å²) in [6.07, 6.45) is 0.209. The van der Waals surface area contributed by atoms with Crippen molar-refractivity contribution >= 4 is 0 Å². The SMILES string of the molecule is COc1ccc(C(N)Cc2cc(F)cc(F)c2)cc1F. The highest BCUT2D eigenvalue weighted by Gasteiger charge is 2.12. The summed E-state index contributed by atoms with van der Waals surface area (Å²) in [4.78, 5) is 0. The van der Waals surface area contributed by atoms with Crippen molar-refractivity contribution < 1.29 is 17.9 Å². The summed E-state index contributed by atoms with van der Waals surface area (Å²) >= 11 is 0. The quantitative estimate of drug-likeness (QED) is 0.932. The van der Waals surface area contributed by atoms with E-state index >= 15 is 0 Å². The van der Waals surface area contributed by atoms with Crippen LogP contribution in [-0.4, -0.2) is 7.11 Å². The zero-order valence-corrected chi connectivity index (χ0v) is 10.9. The van der Waals surface area contributed by atoms with E-state index in [0.29, 0.717) is 11.1 Å². The second-order valence-electron chi connectivity index (χ2n) is 4.48. The van der Waals surface area contributed by atoms with E-state index in [1.165, 1.54) is 31.4 Å². The fraction of sp³-hybridized carbons (Fsp3) is 0.200. The van der Waals surface area contributed by atoms with E-state index < -0.39 is 23.5 Å². The largest absolute Gasteiger partial charge is 0.494 e. The monoisotopic (exact) mass is 281 g/mol. The molecular weight excluding hydrogens is 267 g/mol. The van der Waals surface area contributed by atoms with Crippen LogP contribution in [0.3, 0.4) is 0 Å². The summed E-state index contributed by atoms with van der Waals surface area (Å²) in [6, 6.07) is 7.02. The molecule has 0 bridgehead atoms. The van der Waals surface area contributed by atoms with Crippen molar-refractivity contribution in [3.8, 4) is 5.75 Å². The van der Waals surface area contributed by atoms with Gasteiger partial charge in [0, 0.05) is 12.1 Å². The maximum absolute atomic E-state index is 13.6. The van der Waals surface area contributed by atoms with Gasteiger partial charge in [-0.3, -0.25) is 0 Å². The number of halogens is 3. The molecule has 2 nitrogen and oxygen atoms in total. The van der Waals surface area contributed by atoms with Crippen molar-refractivity contribution in [1.29, 1.82) is 0 Å². The van der Waals surface area contributed by atoms with Crippen molar-refractivity contribution in [2.75, 3.05) is 7.11 Å². The number of hydrogen-bond donors (Lipinski definition) is 1. The average Bonchev–Trinajstić information content (AvgIpc) is 2.37. The Balaban J connectivity index is 2.19. The molecule has 0 aliphatic rings. The fourth-order valence-electron chi connectivity index (χ4n) is 2.01. The molecule has 0 saturated heterocycles. The van der Waals surface area contributed by atoms with Crippen LogP contribution in [0.1, 0.15) is 17.2 Å². The Hall–Kier alpha value is -2.01. The number of methoxy groups -OCH3 is 1. The third kappa shape index (κ3) is 3.30. The second kappa shape index (κ2) is 5.96. The highest BCUT2D eigenvalue weighted by molar-refractivity contribution is 5.32. The fourth-order valence-corrected chi connectivity index (χ4v) is 2.01. The van der Waals surface area contributed by atoms with E-state index in [2.05, 4.69) is 0 Å². The van der Waals surface area contributed by atoms with Crippen LogP contribution in [0.25, 0.3) is 0 Å². The van der Waals surface area contributed by atoms with Gasteiger partial charge in [-0.15, -0.1) is 0 Å². The van der Waals surface area contributed by atoms with E-state index in [1.54, 1.807) is 6.07 Å². The highest BCUT2D eigenvalue weighted by atomic mass is 19.1. The Morgan fingerprint density at radius 3 is 2.25 bits per heavy atom. The van der Waals surface area contributed by atoms with Crippen LogP contribution < -0.4 is 10.5 Å². The molecule has 20 heavy (non-hydrogen) atoms. The first-order valence-corrected chi connectivity index (χ1v) is 6.03. The lowest BCUT2D eigenvalue weighted by molar-refractivity contribution is 0.386. The molecular formula is C15H14F3NO. The van der Waals surface area contributed by atoms with Gasteiger partial charge in [-0.2, -0.15) is 0 Å². The van der Waals surface area contributed by atoms with Crippen molar-refractivity contribution in [2.45, 2.75) is 12.5 Å². The lowest BCUT2D eigenvalue weighted by Gasteiger charge is -2.13. The lowest BCUT2D eigenvalue weighted by Crippen LogP contribution is -2.14. The number of ether oxygens (including phenoxy) is 1. The van der Waals surface area contributed by atoms with Crippen LogP contribution in [0.4, 0.5) is 13.2 Å². The Labute approximate surface area is 115 Å². The Morgan fingerprint density at radius 1 is 1.05 bits per heavy atom. The lowest BCUT2D eigenvalue weighted by atomic mass is 9.99. The maximum Gasteiger partial charge on any atom is 0.165 e. The first-order chi connectivity index (χ1) is 9.49. The summed E-state index contributed by atoms with van der Waals surface area (Å²) in [7, 11) is 1.37. The Morgan fingerprint density at radius 2 is 1.70 bits per heavy atom. The summed E-state index contributed by atoms with van der Waals surface area (Å²) in [5, 5.41) is 0. The molecule has 1 atom stereocenters. The molecule has 0 aliphatic carbocycles. The summed E-state index contributed by atoms with van der Waals surface area (Å²) < 4.78 is 44.6. The molecule has 0 aliphatic heterocycles. The van der Waals surface area contributed by atoms with Crippen molar-refractivity contribution in [3.63, 3.8) is 0 Å². The molecule has 0 spiro atoms. The maximum atomic E-state index is 13.6. The molecule has 2 aromatic rings. The van der Waals surface area contributed by atoms with Gasteiger partial charge >= 0.3 is 0 Å². The predicted octanol–water partition coefficient (Wildman–Crippen LogP) is 3.36. The van der Waals surface area contributed by atoms with Gasteiger partial charge in [0.2, 0.25) is 0 Å². The zero-order chi connectivity index (χ0) is 14.7. The van der Waals surface area contributed by atoms with Crippen LogP contribution in [-0.2, 0) is 6.42 Å². The van der Waals surface area contributed by atoms with Crippen LogP contribution in [0, 0.1) is 17.5 Å². The second-order valence-corrected chi connectivity index (χ2v) is 4.48. The van der Waals surface area contributed by atoms with Gasteiger partial charge in [-0.05, 0) is 41.8 Å². The van der Waals surface area contributed by atoms with Gasteiger partial charge in [0.15, 0.2) is 11.6 Å². The Bertz CT molecular complexity index is 596. The van der Waals surface area contributed by atoms with Crippen LogP contribution >= 0.6 is 0 Å². The van der Waals surface area contributed by atoms with Gasteiger partial charge < -0.3 is 10.5 Å². The molecule has 0 heterocycles. The minimum atomic E-state index is -0.659. The van der Waals surface area contributed by atoms with E-state index in [9.17, 15) is 13.2 Å². The average molecular weight is 281 g/mol. The molecule has 0 fully saturated rings. The zero-order valence-electron chi connectivity index (χ0n) is 10.9.